The summed E-state index contributed by atoms with van der Waals surface area (Å²) in [7, 11) is -3.98. The third-order valence-corrected chi connectivity index (χ3v) is 6.70. The van der Waals surface area contributed by atoms with E-state index in [9.17, 15) is 21.6 Å². The van der Waals surface area contributed by atoms with E-state index in [0.717, 1.165) is 12.1 Å². The summed E-state index contributed by atoms with van der Waals surface area (Å²) >= 11 is 0. The lowest BCUT2D eigenvalue weighted by atomic mass is 10.1. The van der Waals surface area contributed by atoms with Gasteiger partial charge in [0.15, 0.2) is 10.9 Å². The molecule has 0 fully saturated rings. The number of sulfonamides is 1. The highest BCUT2D eigenvalue weighted by Crippen LogP contribution is 2.32. The molecule has 178 valence electrons. The molecule has 0 radical (unpaired) electrons. The number of aliphatic hydroxyl groups is 1. The van der Waals surface area contributed by atoms with Crippen molar-refractivity contribution in [3.8, 4) is 11.4 Å². The normalized spacial score (nSPS) is 12.3. The molecular formula is C22H20F3N5O3S. The van der Waals surface area contributed by atoms with E-state index in [1.807, 2.05) is 0 Å². The van der Waals surface area contributed by atoms with Crippen LogP contribution in [0, 0.1) is 13.8 Å². The number of alkyl halides is 3. The fourth-order valence-electron chi connectivity index (χ4n) is 3.53. The lowest BCUT2D eigenvalue weighted by Gasteiger charge is -2.14. The van der Waals surface area contributed by atoms with Crippen molar-refractivity contribution in [1.82, 2.24) is 19.7 Å². The number of hydrogen-bond acceptors (Lipinski definition) is 6. The van der Waals surface area contributed by atoms with Crippen LogP contribution in [0.5, 0.6) is 0 Å². The average Bonchev–Trinajstić information content (AvgIpc) is 3.15. The van der Waals surface area contributed by atoms with Gasteiger partial charge in [0.2, 0.25) is 0 Å². The van der Waals surface area contributed by atoms with Gasteiger partial charge in [0, 0.05) is 22.7 Å². The number of hydrogen-bond donors (Lipinski definition) is 2. The number of anilines is 1. The largest absolute Gasteiger partial charge is 0.416 e. The standard InChI is InChI=1S/C22H20F3N5O3S/c1-13-9-15(20-26-12-16-10-17(22(23,24)25)4-6-19(16)28-20)3-5-18(13)29-34(32,33)21-14(2)11-27-30(21)7-8-31/h3-6,9-12,29,31H,7-8H2,1-2H3. The molecule has 2 aromatic carbocycles. The molecule has 0 saturated carbocycles. The first-order valence-electron chi connectivity index (χ1n) is 10.1. The SMILES string of the molecule is Cc1cc(-c2ncc3cc(C(F)(F)F)ccc3n2)ccc1NS(=O)(=O)c1c(C)cnn1CCO. The van der Waals surface area contributed by atoms with Gasteiger partial charge >= 0.3 is 6.18 Å². The van der Waals surface area contributed by atoms with Crippen LogP contribution in [0.4, 0.5) is 18.9 Å². The van der Waals surface area contributed by atoms with Crippen LogP contribution in [0.15, 0.2) is 53.8 Å². The molecule has 2 aromatic heterocycles. The van der Waals surface area contributed by atoms with E-state index < -0.39 is 21.8 Å². The second-order valence-electron chi connectivity index (χ2n) is 7.68. The predicted octanol–water partition coefficient (Wildman–Crippen LogP) is 3.92. The van der Waals surface area contributed by atoms with Crippen molar-refractivity contribution in [2.75, 3.05) is 11.3 Å². The van der Waals surface area contributed by atoms with Gasteiger partial charge in [-0.15, -0.1) is 0 Å². The zero-order valence-electron chi connectivity index (χ0n) is 18.1. The Morgan fingerprint density at radius 2 is 1.82 bits per heavy atom. The smallest absolute Gasteiger partial charge is 0.394 e. The first kappa shape index (κ1) is 23.6. The summed E-state index contributed by atoms with van der Waals surface area (Å²) in [5, 5.41) is 13.4. The molecule has 0 aliphatic heterocycles. The van der Waals surface area contributed by atoms with E-state index >= 15 is 0 Å². The van der Waals surface area contributed by atoms with Gasteiger partial charge in [-0.3, -0.25) is 4.72 Å². The third kappa shape index (κ3) is 4.59. The Morgan fingerprint density at radius 3 is 2.50 bits per heavy atom. The van der Waals surface area contributed by atoms with Crippen molar-refractivity contribution in [2.24, 2.45) is 0 Å². The van der Waals surface area contributed by atoms with Gasteiger partial charge in [-0.25, -0.2) is 14.6 Å². The molecular weight excluding hydrogens is 471 g/mol. The molecule has 12 heteroatoms. The van der Waals surface area contributed by atoms with Gasteiger partial charge in [-0.2, -0.15) is 26.7 Å². The molecule has 0 unspecified atom stereocenters. The minimum absolute atomic E-state index is 0.0335. The van der Waals surface area contributed by atoms with Crippen LogP contribution >= 0.6 is 0 Å². The highest BCUT2D eigenvalue weighted by atomic mass is 32.2. The Hall–Kier alpha value is -3.51. The predicted molar refractivity (Wildman–Crippen MR) is 120 cm³/mol. The molecule has 0 amide bonds. The molecule has 0 saturated heterocycles. The summed E-state index contributed by atoms with van der Waals surface area (Å²) in [5.41, 5.74) is 1.50. The summed E-state index contributed by atoms with van der Waals surface area (Å²) in [5.74, 6) is 0.293. The quantitative estimate of drug-likeness (QED) is 0.423. The number of halogens is 3. The van der Waals surface area contributed by atoms with Crippen LogP contribution in [0.25, 0.3) is 22.3 Å². The van der Waals surface area contributed by atoms with E-state index in [-0.39, 0.29) is 23.6 Å². The number of aromatic nitrogens is 4. The van der Waals surface area contributed by atoms with Crippen LogP contribution in [-0.2, 0) is 22.7 Å². The van der Waals surface area contributed by atoms with Gasteiger partial charge in [-0.1, -0.05) is 0 Å². The Balaban J connectivity index is 1.64. The molecule has 0 atom stereocenters. The molecule has 4 aromatic rings. The second-order valence-corrected chi connectivity index (χ2v) is 9.28. The molecule has 0 spiro atoms. The van der Waals surface area contributed by atoms with Gasteiger partial charge < -0.3 is 5.11 Å². The first-order valence-corrected chi connectivity index (χ1v) is 11.6. The molecule has 0 aliphatic carbocycles. The summed E-state index contributed by atoms with van der Waals surface area (Å²) in [6, 6.07) is 8.10. The molecule has 0 bridgehead atoms. The van der Waals surface area contributed by atoms with Crippen LogP contribution in [-0.4, -0.2) is 39.9 Å². The van der Waals surface area contributed by atoms with Crippen LogP contribution < -0.4 is 4.72 Å². The van der Waals surface area contributed by atoms with Gasteiger partial charge in [0.05, 0.1) is 36.1 Å². The number of fused-ring (bicyclic) bond motifs is 1. The van der Waals surface area contributed by atoms with Gasteiger partial charge in [0.25, 0.3) is 10.0 Å². The average molecular weight is 491 g/mol. The van der Waals surface area contributed by atoms with E-state index in [0.29, 0.717) is 33.7 Å². The number of nitrogens with zero attached hydrogens (tertiary/aromatic N) is 4. The lowest BCUT2D eigenvalue weighted by molar-refractivity contribution is -0.137. The fourth-order valence-corrected chi connectivity index (χ4v) is 5.04. The number of aliphatic hydroxyl groups excluding tert-OH is 1. The maximum atomic E-state index is 13.0. The molecule has 0 aliphatic rings. The van der Waals surface area contributed by atoms with Crippen LogP contribution in [0.2, 0.25) is 0 Å². The molecule has 34 heavy (non-hydrogen) atoms. The van der Waals surface area contributed by atoms with E-state index in [2.05, 4.69) is 19.8 Å². The summed E-state index contributed by atoms with van der Waals surface area (Å²) in [4.78, 5) is 8.52. The van der Waals surface area contributed by atoms with Crippen molar-refractivity contribution in [3.05, 3.63) is 65.5 Å². The maximum Gasteiger partial charge on any atom is 0.416 e. The first-order chi connectivity index (χ1) is 16.0. The maximum absolute atomic E-state index is 13.0. The highest BCUT2D eigenvalue weighted by molar-refractivity contribution is 7.92. The zero-order chi connectivity index (χ0) is 24.7. The minimum atomic E-state index is -4.46. The van der Waals surface area contributed by atoms with Gasteiger partial charge in [0.1, 0.15) is 0 Å². The van der Waals surface area contributed by atoms with E-state index in [1.165, 1.54) is 23.1 Å². The third-order valence-electron chi connectivity index (χ3n) is 5.16. The van der Waals surface area contributed by atoms with Crippen LogP contribution in [0.1, 0.15) is 16.7 Å². The van der Waals surface area contributed by atoms with Crippen molar-refractivity contribution >= 4 is 26.6 Å². The monoisotopic (exact) mass is 491 g/mol. The van der Waals surface area contributed by atoms with Crippen LogP contribution in [0.3, 0.4) is 0 Å². The topological polar surface area (TPSA) is 110 Å². The van der Waals surface area contributed by atoms with Crippen molar-refractivity contribution in [1.29, 1.82) is 0 Å². The Bertz CT molecular complexity index is 1480. The summed E-state index contributed by atoms with van der Waals surface area (Å²) in [6.45, 7) is 3.09. The highest BCUT2D eigenvalue weighted by Gasteiger charge is 2.30. The number of rotatable bonds is 6. The zero-order valence-corrected chi connectivity index (χ0v) is 18.9. The minimum Gasteiger partial charge on any atom is -0.394 e. The molecule has 4 rings (SSSR count). The fraction of sp³-hybridized carbons (Fsp3) is 0.227. The molecule has 8 nitrogen and oxygen atoms in total. The molecule has 2 heterocycles. The van der Waals surface area contributed by atoms with Crippen molar-refractivity contribution in [2.45, 2.75) is 31.6 Å². The second kappa shape index (κ2) is 8.69. The van der Waals surface area contributed by atoms with E-state index in [4.69, 9.17) is 5.11 Å². The Labute approximate surface area is 193 Å². The summed E-state index contributed by atoms with van der Waals surface area (Å²) < 4.78 is 68.5. The Morgan fingerprint density at radius 1 is 1.06 bits per heavy atom. The molecule has 2 N–H and O–H groups in total. The van der Waals surface area contributed by atoms with Gasteiger partial charge in [-0.05, 0) is 55.8 Å². The number of benzene rings is 2. The van der Waals surface area contributed by atoms with E-state index in [1.54, 1.807) is 32.0 Å². The summed E-state index contributed by atoms with van der Waals surface area (Å²) in [6.07, 6.45) is -1.72. The lowest BCUT2D eigenvalue weighted by Crippen LogP contribution is -2.20. The number of aryl methyl sites for hydroxylation is 2. The number of nitrogens with one attached hydrogen (secondary N) is 1. The van der Waals surface area contributed by atoms with Crippen molar-refractivity contribution in [3.63, 3.8) is 0 Å². The Kier molecular flexibility index (Phi) is 6.04. The van der Waals surface area contributed by atoms with Crippen molar-refractivity contribution < 1.29 is 26.7 Å².